The maximum Gasteiger partial charge on any atom is 0.263 e. The van der Waals surface area contributed by atoms with Crippen LogP contribution in [-0.2, 0) is 19.4 Å². The number of nitrogens with one attached hydrogen (secondary N) is 1. The van der Waals surface area contributed by atoms with E-state index in [-0.39, 0.29) is 11.7 Å². The molecule has 2 aromatic carbocycles. The largest absolute Gasteiger partial charge is 0.347 e. The molecule has 0 spiro atoms. The topological polar surface area (TPSA) is 67.8 Å². The Bertz CT molecular complexity index is 1160. The van der Waals surface area contributed by atoms with E-state index >= 15 is 0 Å². The van der Waals surface area contributed by atoms with Crippen LogP contribution >= 0.6 is 11.3 Å². The quantitative estimate of drug-likeness (QED) is 0.457. The Balaban J connectivity index is 1.39. The molecule has 0 unspecified atom stereocenters. The second-order valence-corrected chi connectivity index (χ2v) is 8.12. The predicted molar refractivity (Wildman–Crippen MR) is 119 cm³/mol. The maximum atomic E-state index is 13.0. The fraction of sp³-hybridized carbons (Fsp3) is 0.167. The summed E-state index contributed by atoms with van der Waals surface area (Å²) in [6, 6.07) is 16.3. The van der Waals surface area contributed by atoms with Crippen LogP contribution in [0.5, 0.6) is 0 Å². The van der Waals surface area contributed by atoms with Crippen LogP contribution < -0.4 is 5.32 Å². The summed E-state index contributed by atoms with van der Waals surface area (Å²) < 4.78 is 13.0. The Hall–Kier alpha value is -3.45. The summed E-state index contributed by atoms with van der Waals surface area (Å²) in [6.45, 7) is 2.29. The van der Waals surface area contributed by atoms with Crippen molar-refractivity contribution >= 4 is 17.2 Å². The molecule has 0 saturated carbocycles. The van der Waals surface area contributed by atoms with Gasteiger partial charge in [-0.3, -0.25) is 14.8 Å². The molecule has 1 N–H and O–H groups in total. The maximum absolute atomic E-state index is 13.0. The summed E-state index contributed by atoms with van der Waals surface area (Å²) in [5.41, 5.74) is 4.25. The van der Waals surface area contributed by atoms with Crippen molar-refractivity contribution in [3.8, 4) is 10.7 Å². The van der Waals surface area contributed by atoms with Crippen molar-refractivity contribution in [2.45, 2.75) is 26.3 Å². The Morgan fingerprint density at radius 1 is 0.968 bits per heavy atom. The number of carbonyl (C=O) groups is 1. The Labute approximate surface area is 184 Å². The Morgan fingerprint density at radius 3 is 2.45 bits per heavy atom. The first-order chi connectivity index (χ1) is 15.1. The highest BCUT2D eigenvalue weighted by molar-refractivity contribution is 7.17. The molecule has 0 radical (unpaired) electrons. The van der Waals surface area contributed by atoms with Gasteiger partial charge >= 0.3 is 0 Å². The van der Waals surface area contributed by atoms with Gasteiger partial charge in [-0.05, 0) is 43.0 Å². The van der Waals surface area contributed by atoms with E-state index in [9.17, 15) is 9.18 Å². The van der Waals surface area contributed by atoms with Crippen molar-refractivity contribution in [2.75, 3.05) is 0 Å². The highest BCUT2D eigenvalue weighted by Gasteiger charge is 2.17. The van der Waals surface area contributed by atoms with Gasteiger partial charge in [0.1, 0.15) is 21.4 Å². The third-order valence-electron chi connectivity index (χ3n) is 4.81. The average Bonchev–Trinajstić information content (AvgIpc) is 3.20. The van der Waals surface area contributed by atoms with Gasteiger partial charge in [-0.1, -0.05) is 42.5 Å². The molecule has 0 aliphatic rings. The van der Waals surface area contributed by atoms with Gasteiger partial charge in [0, 0.05) is 12.7 Å². The summed E-state index contributed by atoms with van der Waals surface area (Å²) in [5, 5.41) is 3.60. The molecule has 4 aromatic rings. The molecule has 0 saturated heterocycles. The molecule has 1 amide bonds. The van der Waals surface area contributed by atoms with Gasteiger partial charge in [0.15, 0.2) is 0 Å². The number of carbonyl (C=O) groups excluding carboxylic acids is 1. The lowest BCUT2D eigenvalue weighted by Crippen LogP contribution is -2.22. The highest BCUT2D eigenvalue weighted by Crippen LogP contribution is 2.26. The van der Waals surface area contributed by atoms with Gasteiger partial charge in [-0.2, -0.15) is 0 Å². The number of amides is 1. The highest BCUT2D eigenvalue weighted by atomic mass is 32.1. The minimum absolute atomic E-state index is 0.144. The molecule has 0 aliphatic carbocycles. The third kappa shape index (κ3) is 5.38. The normalized spacial score (nSPS) is 10.8. The first-order valence-corrected chi connectivity index (χ1v) is 10.8. The van der Waals surface area contributed by atoms with Gasteiger partial charge in [0.25, 0.3) is 5.91 Å². The summed E-state index contributed by atoms with van der Waals surface area (Å²) >= 11 is 1.31. The van der Waals surface area contributed by atoms with E-state index in [1.54, 1.807) is 24.5 Å². The van der Waals surface area contributed by atoms with Gasteiger partial charge in [-0.25, -0.2) is 9.37 Å². The molecule has 156 valence electrons. The van der Waals surface area contributed by atoms with Gasteiger partial charge < -0.3 is 5.32 Å². The van der Waals surface area contributed by atoms with Gasteiger partial charge in [0.05, 0.1) is 17.6 Å². The molecule has 0 fully saturated rings. The van der Waals surface area contributed by atoms with E-state index in [4.69, 9.17) is 0 Å². The number of halogens is 1. The zero-order valence-corrected chi connectivity index (χ0v) is 17.8. The van der Waals surface area contributed by atoms with Crippen LogP contribution in [0.3, 0.4) is 0 Å². The van der Waals surface area contributed by atoms with Gasteiger partial charge in [-0.15, -0.1) is 11.3 Å². The molecule has 0 bridgehead atoms. The first kappa shape index (κ1) is 20.8. The second kappa shape index (κ2) is 9.57. The number of benzene rings is 2. The number of thiazole rings is 1. The SMILES string of the molecule is Cc1nc(-c2cnc(CCc3ccc(F)cc3)cn2)sc1C(=O)NCc1ccccc1. The minimum Gasteiger partial charge on any atom is -0.347 e. The van der Waals surface area contributed by atoms with Crippen molar-refractivity contribution in [3.05, 3.63) is 100 Å². The number of aromatic nitrogens is 3. The second-order valence-electron chi connectivity index (χ2n) is 7.12. The fourth-order valence-corrected chi connectivity index (χ4v) is 4.04. The molecule has 31 heavy (non-hydrogen) atoms. The van der Waals surface area contributed by atoms with Crippen LogP contribution in [0.4, 0.5) is 4.39 Å². The average molecular weight is 433 g/mol. The number of rotatable bonds is 7. The molecular formula is C24H21FN4OS. The van der Waals surface area contributed by atoms with E-state index < -0.39 is 0 Å². The molecule has 7 heteroatoms. The number of nitrogens with zero attached hydrogens (tertiary/aromatic N) is 3. The van der Waals surface area contributed by atoms with E-state index in [1.165, 1.54) is 23.5 Å². The molecule has 0 aliphatic heterocycles. The summed E-state index contributed by atoms with van der Waals surface area (Å²) in [5.74, 6) is -0.381. The number of hydrogen-bond acceptors (Lipinski definition) is 5. The lowest BCUT2D eigenvalue weighted by atomic mass is 10.1. The Morgan fingerprint density at radius 2 is 1.74 bits per heavy atom. The monoisotopic (exact) mass is 432 g/mol. The number of aryl methyl sites for hydroxylation is 3. The lowest BCUT2D eigenvalue weighted by molar-refractivity contribution is 0.0954. The zero-order chi connectivity index (χ0) is 21.6. The van der Waals surface area contributed by atoms with Crippen molar-refractivity contribution in [1.29, 1.82) is 0 Å². The van der Waals surface area contributed by atoms with Crippen molar-refractivity contribution in [2.24, 2.45) is 0 Å². The molecule has 2 heterocycles. The van der Waals surface area contributed by atoms with E-state index in [1.807, 2.05) is 37.3 Å². The smallest absolute Gasteiger partial charge is 0.263 e. The molecule has 5 nitrogen and oxygen atoms in total. The lowest BCUT2D eigenvalue weighted by Gasteiger charge is -2.03. The van der Waals surface area contributed by atoms with E-state index in [0.29, 0.717) is 34.2 Å². The Kier molecular flexibility index (Phi) is 6.43. The van der Waals surface area contributed by atoms with Crippen LogP contribution in [0.1, 0.15) is 32.2 Å². The molecule has 2 aromatic heterocycles. The number of hydrogen-bond donors (Lipinski definition) is 1. The van der Waals surface area contributed by atoms with Crippen molar-refractivity contribution in [1.82, 2.24) is 20.3 Å². The minimum atomic E-state index is -0.236. The van der Waals surface area contributed by atoms with Gasteiger partial charge in [0.2, 0.25) is 0 Å². The van der Waals surface area contributed by atoms with Crippen LogP contribution in [0.15, 0.2) is 67.0 Å². The third-order valence-corrected chi connectivity index (χ3v) is 5.98. The standard InChI is InChI=1S/C24H21FN4OS/c1-16-22(23(30)28-13-18-5-3-2-4-6-18)31-24(29-16)21-15-26-20(14-27-21)12-9-17-7-10-19(25)11-8-17/h2-8,10-11,14-15H,9,12-13H2,1H3,(H,28,30). The van der Waals surface area contributed by atoms with E-state index in [2.05, 4.69) is 20.3 Å². The first-order valence-electron chi connectivity index (χ1n) is 9.94. The van der Waals surface area contributed by atoms with Crippen molar-refractivity contribution in [3.63, 3.8) is 0 Å². The summed E-state index contributed by atoms with van der Waals surface area (Å²) in [4.78, 5) is 26.6. The zero-order valence-electron chi connectivity index (χ0n) is 17.0. The fourth-order valence-electron chi connectivity index (χ4n) is 3.09. The summed E-state index contributed by atoms with van der Waals surface area (Å²) in [7, 11) is 0. The molecule has 4 rings (SSSR count). The predicted octanol–water partition coefficient (Wildman–Crippen LogP) is 4.76. The summed E-state index contributed by atoms with van der Waals surface area (Å²) in [6.07, 6.45) is 4.88. The molecule has 0 atom stereocenters. The van der Waals surface area contributed by atoms with Crippen LogP contribution in [0, 0.1) is 12.7 Å². The molecular weight excluding hydrogens is 411 g/mol. The van der Waals surface area contributed by atoms with Crippen LogP contribution in [-0.4, -0.2) is 20.9 Å². The van der Waals surface area contributed by atoms with Crippen LogP contribution in [0.2, 0.25) is 0 Å². The van der Waals surface area contributed by atoms with E-state index in [0.717, 1.165) is 23.2 Å². The van der Waals surface area contributed by atoms with Crippen LogP contribution in [0.25, 0.3) is 10.7 Å². The van der Waals surface area contributed by atoms with Crippen molar-refractivity contribution < 1.29 is 9.18 Å².